The third-order valence-electron chi connectivity index (χ3n) is 3.64. The smallest absolute Gasteiger partial charge is 0.408 e. The van der Waals surface area contributed by atoms with E-state index in [-0.39, 0.29) is 5.56 Å². The van der Waals surface area contributed by atoms with Gasteiger partial charge in [0.1, 0.15) is 0 Å². The van der Waals surface area contributed by atoms with Crippen molar-refractivity contribution in [2.45, 2.75) is 19.9 Å². The Hall–Kier alpha value is -2.88. The van der Waals surface area contributed by atoms with Crippen LogP contribution in [0.3, 0.4) is 0 Å². The first-order valence-corrected chi connectivity index (χ1v) is 7.61. The van der Waals surface area contributed by atoms with E-state index >= 15 is 0 Å². The Morgan fingerprint density at radius 2 is 1.43 bits per heavy atom. The van der Waals surface area contributed by atoms with Crippen molar-refractivity contribution in [2.75, 3.05) is 0 Å². The molecule has 0 spiro atoms. The zero-order chi connectivity index (χ0) is 16.2. The van der Waals surface area contributed by atoms with Crippen molar-refractivity contribution in [3.05, 3.63) is 81.6 Å². The maximum atomic E-state index is 12.9. The molecule has 0 saturated carbocycles. The van der Waals surface area contributed by atoms with E-state index in [1.54, 1.807) is 0 Å². The second kappa shape index (κ2) is 6.48. The van der Waals surface area contributed by atoms with Crippen LogP contribution in [0, 0.1) is 0 Å². The molecule has 1 heterocycles. The van der Waals surface area contributed by atoms with E-state index in [1.807, 2.05) is 67.6 Å². The Morgan fingerprint density at radius 3 is 2.00 bits per heavy atom. The fraction of sp³-hybridized carbons (Fsp3) is 0.158. The van der Waals surface area contributed by atoms with E-state index in [1.165, 1.54) is 0 Å². The SMILES string of the molecule is CCCn1c(=O)oc(-c2ccccc2)c(-c2ccccc2)c1=O. The zero-order valence-electron chi connectivity index (χ0n) is 12.9. The second-order valence-electron chi connectivity index (χ2n) is 5.26. The van der Waals surface area contributed by atoms with Crippen molar-refractivity contribution < 1.29 is 4.42 Å². The lowest BCUT2D eigenvalue weighted by molar-refractivity contribution is 0.430. The summed E-state index contributed by atoms with van der Waals surface area (Å²) in [6.45, 7) is 2.26. The van der Waals surface area contributed by atoms with Crippen molar-refractivity contribution in [1.29, 1.82) is 0 Å². The summed E-state index contributed by atoms with van der Waals surface area (Å²) in [5, 5.41) is 0. The van der Waals surface area contributed by atoms with Crippen molar-refractivity contribution in [3.8, 4) is 22.5 Å². The highest BCUT2D eigenvalue weighted by atomic mass is 16.4. The van der Waals surface area contributed by atoms with Gasteiger partial charge in [-0.1, -0.05) is 67.6 Å². The van der Waals surface area contributed by atoms with E-state index in [2.05, 4.69) is 0 Å². The van der Waals surface area contributed by atoms with Gasteiger partial charge in [0, 0.05) is 12.1 Å². The molecule has 0 aliphatic carbocycles. The molecule has 0 aliphatic heterocycles. The van der Waals surface area contributed by atoms with Crippen LogP contribution in [0.25, 0.3) is 22.5 Å². The van der Waals surface area contributed by atoms with Gasteiger partial charge in [0.25, 0.3) is 5.56 Å². The molecule has 0 bridgehead atoms. The first-order valence-electron chi connectivity index (χ1n) is 7.61. The van der Waals surface area contributed by atoms with Gasteiger partial charge >= 0.3 is 5.76 Å². The summed E-state index contributed by atoms with van der Waals surface area (Å²) in [6.07, 6.45) is 0.684. The molecule has 1 aromatic heterocycles. The van der Waals surface area contributed by atoms with Crippen LogP contribution in [0.2, 0.25) is 0 Å². The lowest BCUT2D eigenvalue weighted by Crippen LogP contribution is -2.34. The molecule has 0 atom stereocenters. The van der Waals surface area contributed by atoms with Crippen LogP contribution in [0.15, 0.2) is 74.7 Å². The number of aromatic nitrogens is 1. The Bertz CT molecular complexity index is 909. The van der Waals surface area contributed by atoms with Crippen molar-refractivity contribution in [2.24, 2.45) is 0 Å². The normalized spacial score (nSPS) is 10.7. The molecular weight excluding hydrogens is 290 g/mol. The van der Waals surface area contributed by atoms with E-state index in [0.717, 1.165) is 10.1 Å². The molecule has 4 nitrogen and oxygen atoms in total. The fourth-order valence-electron chi connectivity index (χ4n) is 2.58. The first-order chi connectivity index (χ1) is 11.2. The average Bonchev–Trinajstić information content (AvgIpc) is 2.59. The molecule has 3 aromatic rings. The van der Waals surface area contributed by atoms with E-state index in [9.17, 15) is 9.59 Å². The Labute approximate surface area is 133 Å². The molecule has 0 amide bonds. The summed E-state index contributed by atoms with van der Waals surface area (Å²) in [6, 6.07) is 18.5. The number of nitrogens with zero attached hydrogens (tertiary/aromatic N) is 1. The van der Waals surface area contributed by atoms with Crippen LogP contribution in [0.1, 0.15) is 13.3 Å². The number of benzene rings is 2. The van der Waals surface area contributed by atoms with Gasteiger partial charge in [0.15, 0.2) is 5.76 Å². The molecule has 0 saturated heterocycles. The van der Waals surface area contributed by atoms with Gasteiger partial charge in [-0.05, 0) is 12.0 Å². The standard InChI is InChI=1S/C19H17NO3/c1-2-13-20-18(21)16(14-9-5-3-6-10-14)17(23-19(20)22)15-11-7-4-8-12-15/h3-12H,2,13H2,1H3. The highest BCUT2D eigenvalue weighted by Crippen LogP contribution is 2.28. The van der Waals surface area contributed by atoms with Gasteiger partial charge in [-0.3, -0.25) is 4.79 Å². The lowest BCUT2D eigenvalue weighted by Gasteiger charge is -2.11. The maximum absolute atomic E-state index is 12.9. The van der Waals surface area contributed by atoms with Crippen molar-refractivity contribution in [1.82, 2.24) is 4.57 Å². The van der Waals surface area contributed by atoms with Crippen LogP contribution in [-0.2, 0) is 6.54 Å². The molecule has 4 heteroatoms. The van der Waals surface area contributed by atoms with Gasteiger partial charge < -0.3 is 4.42 Å². The minimum absolute atomic E-state index is 0.312. The molecule has 3 rings (SSSR count). The minimum atomic E-state index is -0.615. The van der Waals surface area contributed by atoms with Gasteiger partial charge in [-0.15, -0.1) is 0 Å². The Kier molecular flexibility index (Phi) is 4.24. The van der Waals surface area contributed by atoms with Gasteiger partial charge in [-0.2, -0.15) is 0 Å². The topological polar surface area (TPSA) is 52.2 Å². The van der Waals surface area contributed by atoms with Gasteiger partial charge in [-0.25, -0.2) is 9.36 Å². The van der Waals surface area contributed by atoms with Gasteiger partial charge in [0.2, 0.25) is 0 Å². The minimum Gasteiger partial charge on any atom is -0.408 e. The molecular formula is C19H17NO3. The van der Waals surface area contributed by atoms with Crippen LogP contribution in [0.5, 0.6) is 0 Å². The summed E-state index contributed by atoms with van der Waals surface area (Å²) in [5.41, 5.74) is 1.56. The third kappa shape index (κ3) is 2.88. The summed E-state index contributed by atoms with van der Waals surface area (Å²) >= 11 is 0. The van der Waals surface area contributed by atoms with Crippen LogP contribution < -0.4 is 11.3 Å². The molecule has 23 heavy (non-hydrogen) atoms. The largest absolute Gasteiger partial charge is 0.422 e. The lowest BCUT2D eigenvalue weighted by atomic mass is 10.0. The molecule has 0 radical (unpaired) electrons. The summed E-state index contributed by atoms with van der Waals surface area (Å²) in [4.78, 5) is 25.1. The van der Waals surface area contributed by atoms with E-state index < -0.39 is 5.76 Å². The molecule has 0 N–H and O–H groups in total. The Balaban J connectivity index is 2.36. The summed E-state index contributed by atoms with van der Waals surface area (Å²) in [5.74, 6) is -0.297. The third-order valence-corrected chi connectivity index (χ3v) is 3.64. The molecule has 0 fully saturated rings. The quantitative estimate of drug-likeness (QED) is 0.740. The van der Waals surface area contributed by atoms with E-state index in [4.69, 9.17) is 4.42 Å². The van der Waals surface area contributed by atoms with Gasteiger partial charge in [0.05, 0.1) is 5.56 Å². The zero-order valence-corrected chi connectivity index (χ0v) is 12.9. The summed E-state index contributed by atoms with van der Waals surface area (Å²) < 4.78 is 6.68. The van der Waals surface area contributed by atoms with Crippen molar-refractivity contribution >= 4 is 0 Å². The number of rotatable bonds is 4. The van der Waals surface area contributed by atoms with Crippen LogP contribution >= 0.6 is 0 Å². The number of hydrogen-bond acceptors (Lipinski definition) is 3. The molecule has 2 aromatic carbocycles. The second-order valence-corrected chi connectivity index (χ2v) is 5.26. The Morgan fingerprint density at radius 1 is 0.870 bits per heavy atom. The molecule has 0 unspecified atom stereocenters. The van der Waals surface area contributed by atoms with Crippen LogP contribution in [-0.4, -0.2) is 4.57 Å². The van der Waals surface area contributed by atoms with E-state index in [0.29, 0.717) is 29.9 Å². The first kappa shape index (κ1) is 15.0. The predicted molar refractivity (Wildman–Crippen MR) is 90.4 cm³/mol. The molecule has 0 aliphatic rings. The van der Waals surface area contributed by atoms with Crippen molar-refractivity contribution in [3.63, 3.8) is 0 Å². The average molecular weight is 307 g/mol. The fourth-order valence-corrected chi connectivity index (χ4v) is 2.58. The highest BCUT2D eigenvalue weighted by molar-refractivity contribution is 5.78. The number of hydrogen-bond donors (Lipinski definition) is 0. The van der Waals surface area contributed by atoms with Crippen LogP contribution in [0.4, 0.5) is 0 Å². The predicted octanol–water partition coefficient (Wildman–Crippen LogP) is 3.55. The maximum Gasteiger partial charge on any atom is 0.422 e. The monoisotopic (exact) mass is 307 g/mol. The highest BCUT2D eigenvalue weighted by Gasteiger charge is 2.18. The molecule has 116 valence electrons. The summed E-state index contributed by atoms with van der Waals surface area (Å²) in [7, 11) is 0.